The third-order valence-electron chi connectivity index (χ3n) is 3.28. The zero-order valence-electron chi connectivity index (χ0n) is 10.8. The van der Waals surface area contributed by atoms with Crippen molar-refractivity contribution >= 4 is 0 Å². The van der Waals surface area contributed by atoms with Gasteiger partial charge in [-0.05, 0) is 23.6 Å². The number of alkyl halides is 2. The number of ether oxygens (including phenoxy) is 1. The van der Waals surface area contributed by atoms with Gasteiger partial charge >= 0.3 is 0 Å². The molecule has 0 saturated carbocycles. The molecule has 1 heterocycles. The summed E-state index contributed by atoms with van der Waals surface area (Å²) in [4.78, 5) is 1.59. The first kappa shape index (κ1) is 14.2. The molecule has 1 N–H and O–H groups in total. The second-order valence-electron chi connectivity index (χ2n) is 4.71. The molecule has 1 aliphatic rings. The smallest absolute Gasteiger partial charge is 0.251 e. The van der Waals surface area contributed by atoms with Gasteiger partial charge in [-0.3, -0.25) is 4.90 Å². The molecule has 0 amide bonds. The van der Waals surface area contributed by atoms with Crippen LogP contribution in [0.2, 0.25) is 0 Å². The van der Waals surface area contributed by atoms with Gasteiger partial charge in [0, 0.05) is 19.5 Å². The predicted octanol–water partition coefficient (Wildman–Crippen LogP) is 1.72. The molecule has 0 radical (unpaired) electrons. The van der Waals surface area contributed by atoms with Gasteiger partial charge in [-0.25, -0.2) is 8.78 Å². The third kappa shape index (κ3) is 4.14. The van der Waals surface area contributed by atoms with Gasteiger partial charge in [0.2, 0.25) is 0 Å². The fraction of sp³-hybridized carbons (Fsp3) is 0.571. The predicted molar refractivity (Wildman–Crippen MR) is 68.9 cm³/mol. The highest BCUT2D eigenvalue weighted by Crippen LogP contribution is 2.26. The molecule has 0 spiro atoms. The van der Waals surface area contributed by atoms with Crippen molar-refractivity contribution in [3.63, 3.8) is 0 Å². The van der Waals surface area contributed by atoms with Gasteiger partial charge < -0.3 is 9.84 Å². The van der Waals surface area contributed by atoms with Crippen molar-refractivity contribution in [1.82, 2.24) is 4.90 Å². The van der Waals surface area contributed by atoms with Crippen LogP contribution in [0.15, 0.2) is 18.2 Å². The summed E-state index contributed by atoms with van der Waals surface area (Å²) in [6, 6.07) is 6.01. The number of hydrogen-bond acceptors (Lipinski definition) is 3. The molecule has 2 rings (SSSR count). The lowest BCUT2D eigenvalue weighted by Crippen LogP contribution is -2.33. The van der Waals surface area contributed by atoms with Crippen molar-refractivity contribution in [1.29, 1.82) is 0 Å². The van der Waals surface area contributed by atoms with E-state index in [-0.39, 0.29) is 13.2 Å². The van der Waals surface area contributed by atoms with Crippen molar-refractivity contribution < 1.29 is 18.6 Å². The number of aliphatic hydroxyl groups is 1. The Morgan fingerprint density at radius 1 is 1.32 bits per heavy atom. The Labute approximate surface area is 111 Å². The van der Waals surface area contributed by atoms with Crippen LogP contribution in [0.4, 0.5) is 8.78 Å². The molecular formula is C14H19F2NO2. The van der Waals surface area contributed by atoms with E-state index < -0.39 is 6.43 Å². The number of nitrogens with zero attached hydrogens (tertiary/aromatic N) is 1. The van der Waals surface area contributed by atoms with Gasteiger partial charge in [0.05, 0.1) is 19.8 Å². The number of halogens is 2. The highest BCUT2D eigenvalue weighted by Gasteiger charge is 2.14. The van der Waals surface area contributed by atoms with Crippen LogP contribution in [0.25, 0.3) is 0 Å². The highest BCUT2D eigenvalue weighted by molar-refractivity contribution is 5.39. The van der Waals surface area contributed by atoms with E-state index >= 15 is 0 Å². The van der Waals surface area contributed by atoms with Gasteiger partial charge in [0.25, 0.3) is 6.43 Å². The maximum atomic E-state index is 12.4. The first-order valence-electron chi connectivity index (χ1n) is 6.55. The molecule has 3 nitrogen and oxygen atoms in total. The van der Waals surface area contributed by atoms with Crippen molar-refractivity contribution in [3.8, 4) is 5.75 Å². The summed E-state index contributed by atoms with van der Waals surface area (Å²) in [6.07, 6.45) is -0.736. The summed E-state index contributed by atoms with van der Waals surface area (Å²) in [5.74, 6) is 0.934. The molecular weight excluding hydrogens is 252 g/mol. The Kier molecular flexibility index (Phi) is 5.10. The van der Waals surface area contributed by atoms with Crippen LogP contribution in [-0.2, 0) is 12.8 Å². The molecule has 0 saturated heterocycles. The average molecular weight is 271 g/mol. The van der Waals surface area contributed by atoms with E-state index in [4.69, 9.17) is 9.84 Å². The molecule has 0 atom stereocenters. The molecule has 1 aromatic rings. The first-order valence-corrected chi connectivity index (χ1v) is 6.55. The van der Waals surface area contributed by atoms with E-state index in [1.54, 1.807) is 4.90 Å². The van der Waals surface area contributed by atoms with Crippen LogP contribution in [0, 0.1) is 0 Å². The third-order valence-corrected chi connectivity index (χ3v) is 3.28. The largest absolute Gasteiger partial charge is 0.493 e. The SMILES string of the molecule is OCCN(CCc1ccc2c(c1)CCO2)CC(F)F. The van der Waals surface area contributed by atoms with E-state index in [1.165, 1.54) is 5.56 Å². The van der Waals surface area contributed by atoms with Crippen LogP contribution in [-0.4, -0.2) is 49.3 Å². The van der Waals surface area contributed by atoms with Crippen LogP contribution >= 0.6 is 0 Å². The van der Waals surface area contributed by atoms with E-state index in [1.807, 2.05) is 12.1 Å². The minimum absolute atomic E-state index is 0.0925. The standard InChI is InChI=1S/C14H19F2NO2/c15-14(16)10-17(6-7-18)5-3-11-1-2-13-12(9-11)4-8-19-13/h1-2,9,14,18H,3-8,10H2. The average Bonchev–Trinajstić information content (AvgIpc) is 2.83. The number of fused-ring (bicyclic) bond motifs is 1. The molecule has 0 aliphatic carbocycles. The quantitative estimate of drug-likeness (QED) is 0.819. The van der Waals surface area contributed by atoms with Crippen LogP contribution in [0.1, 0.15) is 11.1 Å². The van der Waals surface area contributed by atoms with E-state index in [2.05, 4.69) is 6.07 Å². The van der Waals surface area contributed by atoms with E-state index in [0.717, 1.165) is 24.3 Å². The second-order valence-corrected chi connectivity index (χ2v) is 4.71. The molecule has 1 aliphatic heterocycles. The van der Waals surface area contributed by atoms with Gasteiger partial charge in [0.1, 0.15) is 5.75 Å². The van der Waals surface area contributed by atoms with Crippen molar-refractivity contribution in [2.45, 2.75) is 19.3 Å². The fourth-order valence-electron chi connectivity index (χ4n) is 2.31. The maximum absolute atomic E-state index is 12.4. The number of aliphatic hydroxyl groups excluding tert-OH is 1. The van der Waals surface area contributed by atoms with Crippen molar-refractivity contribution in [2.24, 2.45) is 0 Å². The van der Waals surface area contributed by atoms with Crippen LogP contribution in [0.5, 0.6) is 5.75 Å². The molecule has 5 heteroatoms. The summed E-state index contributed by atoms with van der Waals surface area (Å²) in [5, 5.41) is 8.87. The maximum Gasteiger partial charge on any atom is 0.251 e. The lowest BCUT2D eigenvalue weighted by Gasteiger charge is -2.20. The molecule has 0 bridgehead atoms. The topological polar surface area (TPSA) is 32.7 Å². The fourth-order valence-corrected chi connectivity index (χ4v) is 2.31. The Balaban J connectivity index is 1.89. The number of benzene rings is 1. The highest BCUT2D eigenvalue weighted by atomic mass is 19.3. The molecule has 1 aromatic carbocycles. The summed E-state index contributed by atoms with van der Waals surface area (Å²) in [6.45, 7) is 1.17. The van der Waals surface area contributed by atoms with Gasteiger partial charge in [-0.2, -0.15) is 0 Å². The summed E-state index contributed by atoms with van der Waals surface area (Å²) < 4.78 is 30.2. The Bertz CT molecular complexity index is 412. The Hall–Kier alpha value is -1.20. The lowest BCUT2D eigenvalue weighted by molar-refractivity contribution is 0.0789. The zero-order chi connectivity index (χ0) is 13.7. The zero-order valence-corrected chi connectivity index (χ0v) is 10.8. The summed E-state index contributed by atoms with van der Waals surface area (Å²) >= 11 is 0. The summed E-state index contributed by atoms with van der Waals surface area (Å²) in [7, 11) is 0. The van der Waals surface area contributed by atoms with E-state index in [0.29, 0.717) is 19.5 Å². The van der Waals surface area contributed by atoms with E-state index in [9.17, 15) is 8.78 Å². The molecule has 19 heavy (non-hydrogen) atoms. The van der Waals surface area contributed by atoms with Crippen LogP contribution < -0.4 is 4.74 Å². The second kappa shape index (κ2) is 6.82. The monoisotopic (exact) mass is 271 g/mol. The van der Waals surface area contributed by atoms with Gasteiger partial charge in [0.15, 0.2) is 0 Å². The van der Waals surface area contributed by atoms with Crippen molar-refractivity contribution in [2.75, 3.05) is 32.8 Å². The first-order chi connectivity index (χ1) is 9.19. The molecule has 0 fully saturated rings. The van der Waals surface area contributed by atoms with Gasteiger partial charge in [-0.1, -0.05) is 12.1 Å². The number of hydrogen-bond donors (Lipinski definition) is 1. The normalized spacial score (nSPS) is 13.9. The summed E-state index contributed by atoms with van der Waals surface area (Å²) in [5.41, 5.74) is 2.32. The Morgan fingerprint density at radius 2 is 2.16 bits per heavy atom. The molecule has 0 unspecified atom stereocenters. The van der Waals surface area contributed by atoms with Crippen LogP contribution in [0.3, 0.4) is 0 Å². The molecule has 106 valence electrons. The molecule has 0 aromatic heterocycles. The Morgan fingerprint density at radius 3 is 2.89 bits per heavy atom. The van der Waals surface area contributed by atoms with Crippen molar-refractivity contribution in [3.05, 3.63) is 29.3 Å². The lowest BCUT2D eigenvalue weighted by atomic mass is 10.1. The minimum atomic E-state index is -2.36. The number of rotatable bonds is 7. The van der Waals surface area contributed by atoms with Gasteiger partial charge in [-0.15, -0.1) is 0 Å². The minimum Gasteiger partial charge on any atom is -0.493 e.